The van der Waals surface area contributed by atoms with Gasteiger partial charge in [0, 0.05) is 23.5 Å². The lowest BCUT2D eigenvalue weighted by atomic mass is 9.98. The van der Waals surface area contributed by atoms with Gasteiger partial charge in [0.2, 0.25) is 0 Å². The summed E-state index contributed by atoms with van der Waals surface area (Å²) in [6.45, 7) is 0.529. The number of hydrogen-bond donors (Lipinski definition) is 1. The van der Waals surface area contributed by atoms with E-state index in [2.05, 4.69) is 22.4 Å². The largest absolute Gasteiger partial charge is 0.490 e. The SMILES string of the molecule is O=C(O)CCN(c1nc(-c2ccc(OC3CCCCC3)cc2)cs1)C1CCCC1. The minimum Gasteiger partial charge on any atom is -0.490 e. The van der Waals surface area contributed by atoms with Crippen LogP contribution in [0.2, 0.25) is 0 Å². The van der Waals surface area contributed by atoms with Gasteiger partial charge < -0.3 is 14.7 Å². The molecule has 0 bridgehead atoms. The van der Waals surface area contributed by atoms with Gasteiger partial charge in [0.05, 0.1) is 18.2 Å². The summed E-state index contributed by atoms with van der Waals surface area (Å²) in [5.41, 5.74) is 2.03. The smallest absolute Gasteiger partial charge is 0.305 e. The lowest BCUT2D eigenvalue weighted by Crippen LogP contribution is -2.35. The Hall–Kier alpha value is -2.08. The van der Waals surface area contributed by atoms with Crippen LogP contribution < -0.4 is 9.64 Å². The first kappa shape index (κ1) is 20.2. The second-order valence-electron chi connectivity index (χ2n) is 8.19. The molecule has 1 aromatic heterocycles. The number of ether oxygens (including phenoxy) is 1. The molecule has 5 nitrogen and oxygen atoms in total. The summed E-state index contributed by atoms with van der Waals surface area (Å²) >= 11 is 1.61. The molecule has 0 saturated heterocycles. The molecule has 1 N–H and O–H groups in total. The van der Waals surface area contributed by atoms with Crippen LogP contribution in [0.5, 0.6) is 5.75 Å². The number of anilines is 1. The van der Waals surface area contributed by atoms with Gasteiger partial charge in [0.25, 0.3) is 0 Å². The van der Waals surface area contributed by atoms with Crippen LogP contribution in [-0.2, 0) is 4.79 Å². The van der Waals surface area contributed by atoms with E-state index in [0.717, 1.165) is 47.8 Å². The van der Waals surface area contributed by atoms with Crippen molar-refractivity contribution in [2.45, 2.75) is 76.4 Å². The number of carboxylic acid groups (broad SMARTS) is 1. The molecule has 2 aliphatic rings. The lowest BCUT2D eigenvalue weighted by Gasteiger charge is -2.28. The third kappa shape index (κ3) is 5.30. The number of carbonyl (C=O) groups is 1. The van der Waals surface area contributed by atoms with Gasteiger partial charge in [-0.3, -0.25) is 4.79 Å². The van der Waals surface area contributed by atoms with Crippen molar-refractivity contribution in [3.05, 3.63) is 29.6 Å². The molecule has 156 valence electrons. The van der Waals surface area contributed by atoms with E-state index in [4.69, 9.17) is 14.8 Å². The molecule has 2 saturated carbocycles. The Labute approximate surface area is 176 Å². The fourth-order valence-corrected chi connectivity index (χ4v) is 5.41. The quantitative estimate of drug-likeness (QED) is 0.596. The number of aliphatic carboxylic acids is 1. The average Bonchev–Trinajstić information content (AvgIpc) is 3.42. The first-order valence-corrected chi connectivity index (χ1v) is 11.8. The summed E-state index contributed by atoms with van der Waals surface area (Å²) in [5, 5.41) is 12.1. The van der Waals surface area contributed by atoms with Gasteiger partial charge >= 0.3 is 5.97 Å². The average molecular weight is 415 g/mol. The monoisotopic (exact) mass is 414 g/mol. The maximum Gasteiger partial charge on any atom is 0.305 e. The third-order valence-electron chi connectivity index (χ3n) is 6.07. The molecule has 4 rings (SSSR count). The van der Waals surface area contributed by atoms with Crippen LogP contribution in [0.3, 0.4) is 0 Å². The number of aromatic nitrogens is 1. The van der Waals surface area contributed by atoms with Crippen LogP contribution >= 0.6 is 11.3 Å². The summed E-state index contributed by atoms with van der Waals surface area (Å²) < 4.78 is 6.13. The summed E-state index contributed by atoms with van der Waals surface area (Å²) in [6, 6.07) is 8.66. The van der Waals surface area contributed by atoms with E-state index in [-0.39, 0.29) is 6.42 Å². The van der Waals surface area contributed by atoms with Crippen LogP contribution in [0.1, 0.15) is 64.2 Å². The molecule has 1 aromatic carbocycles. The van der Waals surface area contributed by atoms with Gasteiger partial charge in [-0.1, -0.05) is 19.3 Å². The molecule has 0 unspecified atom stereocenters. The molecule has 0 atom stereocenters. The van der Waals surface area contributed by atoms with Crippen molar-refractivity contribution in [2.75, 3.05) is 11.4 Å². The maximum absolute atomic E-state index is 11.1. The van der Waals surface area contributed by atoms with Gasteiger partial charge in [-0.15, -0.1) is 11.3 Å². The first-order valence-electron chi connectivity index (χ1n) is 10.9. The van der Waals surface area contributed by atoms with Crippen molar-refractivity contribution < 1.29 is 14.6 Å². The number of rotatable bonds is 8. The van der Waals surface area contributed by atoms with Gasteiger partial charge in [0.15, 0.2) is 5.13 Å². The third-order valence-corrected chi connectivity index (χ3v) is 6.95. The zero-order chi connectivity index (χ0) is 20.1. The van der Waals surface area contributed by atoms with Gasteiger partial charge in [-0.25, -0.2) is 4.98 Å². The van der Waals surface area contributed by atoms with Crippen LogP contribution in [-0.4, -0.2) is 34.8 Å². The molecule has 0 spiro atoms. The highest BCUT2D eigenvalue weighted by Crippen LogP contribution is 2.34. The fourth-order valence-electron chi connectivity index (χ4n) is 4.47. The standard InChI is InChI=1S/C23H30N2O3S/c26-22(27)14-15-25(18-6-4-5-7-18)23-24-21(16-29-23)17-10-12-20(13-11-17)28-19-8-2-1-3-9-19/h10-13,16,18-19H,1-9,14-15H2,(H,26,27). The van der Waals surface area contributed by atoms with E-state index >= 15 is 0 Å². The van der Waals surface area contributed by atoms with Crippen molar-refractivity contribution in [1.82, 2.24) is 4.98 Å². The highest BCUT2D eigenvalue weighted by Gasteiger charge is 2.25. The van der Waals surface area contributed by atoms with E-state index in [0.29, 0.717) is 18.7 Å². The predicted octanol–water partition coefficient (Wildman–Crippen LogP) is 5.75. The van der Waals surface area contributed by atoms with Gasteiger partial charge in [0.1, 0.15) is 5.75 Å². The minimum absolute atomic E-state index is 0.151. The Morgan fingerprint density at radius 3 is 2.45 bits per heavy atom. The van der Waals surface area contributed by atoms with Crippen LogP contribution in [0, 0.1) is 0 Å². The molecule has 0 radical (unpaired) electrons. The zero-order valence-electron chi connectivity index (χ0n) is 16.9. The first-order chi connectivity index (χ1) is 14.2. The van der Waals surface area contributed by atoms with Crippen molar-refractivity contribution in [3.63, 3.8) is 0 Å². The normalized spacial score (nSPS) is 18.1. The second-order valence-corrected chi connectivity index (χ2v) is 9.03. The van der Waals surface area contributed by atoms with E-state index in [1.54, 1.807) is 11.3 Å². The van der Waals surface area contributed by atoms with Crippen molar-refractivity contribution >= 4 is 22.4 Å². The molecule has 2 aliphatic carbocycles. The van der Waals surface area contributed by atoms with Crippen molar-refractivity contribution in [2.24, 2.45) is 0 Å². The second kappa shape index (κ2) is 9.61. The molecule has 1 heterocycles. The topological polar surface area (TPSA) is 62.7 Å². The van der Waals surface area contributed by atoms with Crippen molar-refractivity contribution in [1.29, 1.82) is 0 Å². The Balaban J connectivity index is 1.44. The fraction of sp³-hybridized carbons (Fsp3) is 0.565. The molecular formula is C23H30N2O3S. The van der Waals surface area contributed by atoms with E-state index in [9.17, 15) is 4.79 Å². The van der Waals surface area contributed by atoms with Crippen molar-refractivity contribution in [3.8, 4) is 17.0 Å². The Morgan fingerprint density at radius 1 is 1.07 bits per heavy atom. The predicted molar refractivity (Wildman–Crippen MR) is 117 cm³/mol. The van der Waals surface area contributed by atoms with Gasteiger partial charge in [-0.2, -0.15) is 0 Å². The van der Waals surface area contributed by atoms with Crippen LogP contribution in [0.15, 0.2) is 29.6 Å². The number of carboxylic acids is 1. The lowest BCUT2D eigenvalue weighted by molar-refractivity contribution is -0.136. The molecule has 2 aromatic rings. The minimum atomic E-state index is -0.752. The van der Waals surface area contributed by atoms with E-state index < -0.39 is 5.97 Å². The summed E-state index contributed by atoms with van der Waals surface area (Å²) in [7, 11) is 0. The van der Waals surface area contributed by atoms with E-state index in [1.807, 2.05) is 12.1 Å². The molecular weight excluding hydrogens is 384 g/mol. The van der Waals surface area contributed by atoms with Gasteiger partial charge in [-0.05, 0) is 62.8 Å². The number of benzene rings is 1. The Morgan fingerprint density at radius 2 is 1.76 bits per heavy atom. The number of nitrogens with zero attached hydrogens (tertiary/aromatic N) is 2. The number of hydrogen-bond acceptors (Lipinski definition) is 5. The van der Waals surface area contributed by atoms with E-state index in [1.165, 1.54) is 32.1 Å². The summed E-state index contributed by atoms with van der Waals surface area (Å²) in [4.78, 5) is 18.2. The summed E-state index contributed by atoms with van der Waals surface area (Å²) in [6.07, 6.45) is 11.4. The molecule has 29 heavy (non-hydrogen) atoms. The maximum atomic E-state index is 11.1. The molecule has 0 amide bonds. The summed E-state index contributed by atoms with van der Waals surface area (Å²) in [5.74, 6) is 0.184. The highest BCUT2D eigenvalue weighted by molar-refractivity contribution is 7.14. The Bertz CT molecular complexity index is 793. The highest BCUT2D eigenvalue weighted by atomic mass is 32.1. The molecule has 6 heteroatoms. The number of thiazole rings is 1. The zero-order valence-corrected chi connectivity index (χ0v) is 17.7. The molecule has 2 fully saturated rings. The molecule has 0 aliphatic heterocycles. The Kier molecular flexibility index (Phi) is 6.70. The van der Waals surface area contributed by atoms with Crippen LogP contribution in [0.4, 0.5) is 5.13 Å². The van der Waals surface area contributed by atoms with Crippen LogP contribution in [0.25, 0.3) is 11.3 Å².